The number of hydrogen-bond acceptors (Lipinski definition) is 7. The number of rotatable bonds is 4. The lowest BCUT2D eigenvalue weighted by atomic mass is 9.87. The number of carbonyl (C=O) groups is 1. The lowest BCUT2D eigenvalue weighted by Gasteiger charge is -2.18. The van der Waals surface area contributed by atoms with Crippen molar-refractivity contribution in [2.45, 2.75) is 70.3 Å². The molecule has 4 N–H and O–H groups in total. The molecule has 160 valence electrons. The summed E-state index contributed by atoms with van der Waals surface area (Å²) in [6, 6.07) is 0. The number of aromatic nitrogens is 4. The van der Waals surface area contributed by atoms with Crippen molar-refractivity contribution in [3.63, 3.8) is 0 Å². The quantitative estimate of drug-likeness (QED) is 0.649. The van der Waals surface area contributed by atoms with Crippen molar-refractivity contribution in [3.8, 4) is 11.8 Å². The van der Waals surface area contributed by atoms with E-state index in [2.05, 4.69) is 32.1 Å². The Morgan fingerprint density at radius 2 is 2.17 bits per heavy atom. The predicted molar refractivity (Wildman–Crippen MR) is 111 cm³/mol. The molecule has 30 heavy (non-hydrogen) atoms. The Morgan fingerprint density at radius 1 is 1.37 bits per heavy atom. The summed E-state index contributed by atoms with van der Waals surface area (Å²) in [6.45, 7) is 2.33. The SMILES string of the molecule is CCNC(=O)C1CC(O)C(n2cnc3c(N)nc(C#CCC4CCCCC4)nc32)O1. The molecule has 2 aromatic rings. The summed E-state index contributed by atoms with van der Waals surface area (Å²) in [6.07, 6.45) is 6.50. The van der Waals surface area contributed by atoms with Crippen LogP contribution in [0.25, 0.3) is 11.2 Å². The molecule has 3 atom stereocenters. The smallest absolute Gasteiger partial charge is 0.249 e. The number of aliphatic hydroxyl groups is 1. The van der Waals surface area contributed by atoms with Crippen LogP contribution in [0.15, 0.2) is 6.33 Å². The zero-order valence-electron chi connectivity index (χ0n) is 17.2. The minimum Gasteiger partial charge on any atom is -0.388 e. The molecule has 9 nitrogen and oxygen atoms in total. The van der Waals surface area contributed by atoms with Gasteiger partial charge in [-0.2, -0.15) is 0 Å². The van der Waals surface area contributed by atoms with Crippen LogP contribution in [0.1, 0.15) is 63.9 Å². The lowest BCUT2D eigenvalue weighted by Crippen LogP contribution is -2.34. The zero-order chi connectivity index (χ0) is 21.1. The van der Waals surface area contributed by atoms with Crippen molar-refractivity contribution in [2.24, 2.45) is 5.92 Å². The van der Waals surface area contributed by atoms with E-state index < -0.39 is 18.4 Å². The third-order valence-electron chi connectivity index (χ3n) is 5.77. The summed E-state index contributed by atoms with van der Waals surface area (Å²) in [7, 11) is 0. The van der Waals surface area contributed by atoms with Crippen LogP contribution in [0.5, 0.6) is 0 Å². The number of carbonyl (C=O) groups excluding carboxylic acids is 1. The van der Waals surface area contributed by atoms with Gasteiger partial charge in [0.2, 0.25) is 11.7 Å². The summed E-state index contributed by atoms with van der Waals surface area (Å²) in [5, 5.41) is 13.2. The molecule has 2 aliphatic rings. The molecule has 1 amide bonds. The van der Waals surface area contributed by atoms with Gasteiger partial charge in [0.05, 0.1) is 6.33 Å². The van der Waals surface area contributed by atoms with Crippen LogP contribution in [0.4, 0.5) is 5.82 Å². The molecule has 4 rings (SSSR count). The van der Waals surface area contributed by atoms with Crippen LogP contribution >= 0.6 is 0 Å². The summed E-state index contributed by atoms with van der Waals surface area (Å²) in [4.78, 5) is 25.1. The highest BCUT2D eigenvalue weighted by Crippen LogP contribution is 2.32. The van der Waals surface area contributed by atoms with Gasteiger partial charge in [0.15, 0.2) is 17.7 Å². The van der Waals surface area contributed by atoms with Gasteiger partial charge in [-0.15, -0.1) is 0 Å². The fourth-order valence-corrected chi connectivity index (χ4v) is 4.20. The van der Waals surface area contributed by atoms with E-state index in [-0.39, 0.29) is 18.1 Å². The van der Waals surface area contributed by atoms with Crippen LogP contribution in [-0.2, 0) is 9.53 Å². The van der Waals surface area contributed by atoms with Crippen molar-refractivity contribution < 1.29 is 14.6 Å². The second-order valence-corrected chi connectivity index (χ2v) is 7.98. The van der Waals surface area contributed by atoms with Crippen LogP contribution in [0, 0.1) is 17.8 Å². The Kier molecular flexibility index (Phi) is 6.16. The van der Waals surface area contributed by atoms with Crippen molar-refractivity contribution in [1.82, 2.24) is 24.8 Å². The van der Waals surface area contributed by atoms with Gasteiger partial charge < -0.3 is 20.9 Å². The summed E-state index contributed by atoms with van der Waals surface area (Å²) < 4.78 is 7.41. The van der Waals surface area contributed by atoms with Gasteiger partial charge in [-0.25, -0.2) is 15.0 Å². The number of fused-ring (bicyclic) bond motifs is 1. The molecule has 9 heteroatoms. The first-order valence-corrected chi connectivity index (χ1v) is 10.7. The van der Waals surface area contributed by atoms with Gasteiger partial charge >= 0.3 is 0 Å². The van der Waals surface area contributed by atoms with Crippen LogP contribution in [0.2, 0.25) is 0 Å². The minimum atomic E-state index is -0.868. The average Bonchev–Trinajstić information content (AvgIpc) is 3.33. The molecule has 1 aliphatic carbocycles. The second kappa shape index (κ2) is 8.98. The van der Waals surface area contributed by atoms with Crippen molar-refractivity contribution in [3.05, 3.63) is 12.2 Å². The van der Waals surface area contributed by atoms with Crippen LogP contribution in [-0.4, -0.2) is 49.3 Å². The number of ether oxygens (including phenoxy) is 1. The average molecular weight is 412 g/mol. The molecule has 3 unspecified atom stereocenters. The maximum Gasteiger partial charge on any atom is 0.249 e. The normalized spacial score (nSPS) is 24.5. The van der Waals surface area contributed by atoms with E-state index in [0.717, 1.165) is 6.42 Å². The molecule has 1 aliphatic heterocycles. The van der Waals surface area contributed by atoms with E-state index in [9.17, 15) is 9.90 Å². The fraction of sp³-hybridized carbons (Fsp3) is 0.619. The number of imidazole rings is 1. The Hall–Kier alpha value is -2.70. The van der Waals surface area contributed by atoms with E-state index in [1.807, 2.05) is 6.92 Å². The highest BCUT2D eigenvalue weighted by Gasteiger charge is 2.39. The van der Waals surface area contributed by atoms with Gasteiger partial charge in [0.1, 0.15) is 17.7 Å². The highest BCUT2D eigenvalue weighted by atomic mass is 16.5. The molecule has 1 saturated heterocycles. The van der Waals surface area contributed by atoms with Gasteiger partial charge in [-0.05, 0) is 31.6 Å². The molecule has 2 aromatic heterocycles. The number of likely N-dealkylation sites (N-methyl/N-ethyl adjacent to an activating group) is 1. The number of nitrogens with one attached hydrogen (secondary N) is 1. The molecule has 0 bridgehead atoms. The Morgan fingerprint density at radius 3 is 2.93 bits per heavy atom. The van der Waals surface area contributed by atoms with Gasteiger partial charge in [0, 0.05) is 19.4 Å². The van der Waals surface area contributed by atoms with Crippen LogP contribution in [0.3, 0.4) is 0 Å². The lowest BCUT2D eigenvalue weighted by molar-refractivity contribution is -0.134. The maximum atomic E-state index is 12.1. The Labute approximate surface area is 175 Å². The molecule has 0 aromatic carbocycles. The number of aliphatic hydroxyl groups excluding tert-OH is 1. The van der Waals surface area contributed by atoms with Gasteiger partial charge in [-0.1, -0.05) is 25.2 Å². The fourth-order valence-electron chi connectivity index (χ4n) is 4.20. The minimum absolute atomic E-state index is 0.199. The molecule has 0 spiro atoms. The largest absolute Gasteiger partial charge is 0.388 e. The predicted octanol–water partition coefficient (Wildman–Crippen LogP) is 1.51. The Bertz CT molecular complexity index is 972. The summed E-state index contributed by atoms with van der Waals surface area (Å²) >= 11 is 0. The Balaban J connectivity index is 1.56. The first kappa shape index (κ1) is 20.6. The molecule has 1 saturated carbocycles. The standard InChI is InChI=1S/C21H28N6O3/c1-2-23-20(29)15-11-14(28)21(30-15)27-12-24-17-18(22)25-16(26-19(17)27)10-6-9-13-7-4-3-5-8-13/h12-15,21,28H,2-5,7-9,11H2,1H3,(H,23,29)(H2,22,25,26). The van der Waals surface area contributed by atoms with Gasteiger partial charge in [0.25, 0.3) is 0 Å². The van der Waals surface area contributed by atoms with E-state index in [0.29, 0.717) is 29.5 Å². The van der Waals surface area contributed by atoms with E-state index >= 15 is 0 Å². The second-order valence-electron chi connectivity index (χ2n) is 7.98. The van der Waals surface area contributed by atoms with Crippen molar-refractivity contribution in [2.75, 3.05) is 12.3 Å². The first-order valence-electron chi connectivity index (χ1n) is 10.7. The number of hydrogen-bond donors (Lipinski definition) is 3. The monoisotopic (exact) mass is 412 g/mol. The third-order valence-corrected chi connectivity index (χ3v) is 5.77. The molecule has 0 radical (unpaired) electrons. The third kappa shape index (κ3) is 4.25. The van der Waals surface area contributed by atoms with Crippen molar-refractivity contribution >= 4 is 22.9 Å². The maximum absolute atomic E-state index is 12.1. The van der Waals surface area contributed by atoms with Crippen LogP contribution < -0.4 is 11.1 Å². The van der Waals surface area contributed by atoms with E-state index in [4.69, 9.17) is 10.5 Å². The van der Waals surface area contributed by atoms with Crippen molar-refractivity contribution in [1.29, 1.82) is 0 Å². The van der Waals surface area contributed by atoms with E-state index in [1.54, 1.807) is 4.57 Å². The highest BCUT2D eigenvalue weighted by molar-refractivity contribution is 5.82. The van der Waals surface area contributed by atoms with Gasteiger partial charge in [-0.3, -0.25) is 9.36 Å². The molecule has 3 heterocycles. The number of nitrogens with two attached hydrogens (primary N) is 1. The molecular formula is C21H28N6O3. The number of nitrogens with zero attached hydrogens (tertiary/aromatic N) is 4. The molecular weight excluding hydrogens is 384 g/mol. The summed E-state index contributed by atoms with van der Waals surface area (Å²) in [5.74, 6) is 7.18. The number of nitrogen functional groups attached to an aromatic ring is 1. The topological polar surface area (TPSA) is 128 Å². The first-order chi connectivity index (χ1) is 14.6. The molecule has 2 fully saturated rings. The van der Waals surface area contributed by atoms with E-state index in [1.165, 1.54) is 38.4 Å². The number of amides is 1. The zero-order valence-corrected chi connectivity index (χ0v) is 17.2. The summed E-state index contributed by atoms with van der Waals surface area (Å²) in [5.41, 5.74) is 6.93. The number of anilines is 1.